The molecule has 2 atom stereocenters. The number of hydrogen-bond acceptors (Lipinski definition) is 2. The molecule has 0 aliphatic heterocycles. The van der Waals surface area contributed by atoms with Crippen LogP contribution < -0.4 is 5.32 Å². The molecule has 4 nitrogen and oxygen atoms in total. The van der Waals surface area contributed by atoms with Crippen LogP contribution in [0, 0.1) is 12.3 Å². The van der Waals surface area contributed by atoms with Gasteiger partial charge in [0.15, 0.2) is 0 Å². The van der Waals surface area contributed by atoms with Gasteiger partial charge in [-0.3, -0.25) is 9.59 Å². The third kappa shape index (κ3) is 3.12. The van der Waals surface area contributed by atoms with Gasteiger partial charge in [-0.15, -0.1) is 0 Å². The van der Waals surface area contributed by atoms with Gasteiger partial charge in [-0.2, -0.15) is 0 Å². The van der Waals surface area contributed by atoms with E-state index in [0.717, 1.165) is 22.9 Å². The largest absolute Gasteiger partial charge is 0.481 e. The summed E-state index contributed by atoms with van der Waals surface area (Å²) in [4.78, 5) is 24.0. The second kappa shape index (κ2) is 6.18. The number of benzene rings is 1. The predicted molar refractivity (Wildman–Crippen MR) is 84.3 cm³/mol. The van der Waals surface area contributed by atoms with Gasteiger partial charge in [0.2, 0.25) is 0 Å². The lowest BCUT2D eigenvalue weighted by Crippen LogP contribution is -2.52. The summed E-state index contributed by atoms with van der Waals surface area (Å²) in [5, 5.41) is 12.4. The van der Waals surface area contributed by atoms with Crippen molar-refractivity contribution in [2.75, 3.05) is 0 Å². The van der Waals surface area contributed by atoms with Crippen LogP contribution in [0.25, 0.3) is 0 Å². The van der Waals surface area contributed by atoms with Crippen LogP contribution in [0.15, 0.2) is 22.7 Å². The predicted octanol–water partition coefficient (Wildman–Crippen LogP) is 3.52. The highest BCUT2D eigenvalue weighted by Crippen LogP contribution is 2.36. The lowest BCUT2D eigenvalue weighted by atomic mass is 9.71. The normalized spacial score (nSPS) is 25.4. The maximum atomic E-state index is 12.5. The number of rotatable bonds is 3. The Labute approximate surface area is 133 Å². The molecule has 1 fully saturated rings. The Morgan fingerprint density at radius 2 is 2.10 bits per heavy atom. The molecule has 1 aliphatic carbocycles. The Balaban J connectivity index is 2.21. The molecule has 21 heavy (non-hydrogen) atoms. The highest BCUT2D eigenvalue weighted by atomic mass is 79.9. The fourth-order valence-electron chi connectivity index (χ4n) is 2.91. The zero-order valence-electron chi connectivity index (χ0n) is 12.3. The molecule has 1 amide bonds. The topological polar surface area (TPSA) is 66.4 Å². The van der Waals surface area contributed by atoms with E-state index < -0.39 is 11.4 Å². The number of halogens is 1. The first-order valence-corrected chi connectivity index (χ1v) is 7.95. The van der Waals surface area contributed by atoms with Gasteiger partial charge in [-0.1, -0.05) is 34.8 Å². The van der Waals surface area contributed by atoms with Crippen LogP contribution in [-0.4, -0.2) is 23.0 Å². The fourth-order valence-corrected chi connectivity index (χ4v) is 3.28. The van der Waals surface area contributed by atoms with Crippen LogP contribution in [0.2, 0.25) is 0 Å². The first-order chi connectivity index (χ1) is 9.86. The lowest BCUT2D eigenvalue weighted by molar-refractivity contribution is -0.151. The highest BCUT2D eigenvalue weighted by Gasteiger charge is 2.43. The van der Waals surface area contributed by atoms with Crippen molar-refractivity contribution in [2.24, 2.45) is 5.41 Å². The summed E-state index contributed by atoms with van der Waals surface area (Å²) >= 11 is 3.41. The standard InChI is InChI=1S/C16H20BrNO3/c1-10-11(6-5-7-12(10)17)14(19)18-13-8-3-4-9-16(13,2)15(20)21/h5-7,13H,3-4,8-9H2,1-2H3,(H,18,19)(H,20,21). The number of carboxylic acid groups (broad SMARTS) is 1. The van der Waals surface area contributed by atoms with Crippen LogP contribution in [-0.2, 0) is 4.79 Å². The molecule has 2 rings (SSSR count). The molecule has 1 saturated carbocycles. The Bertz CT molecular complexity index is 573. The highest BCUT2D eigenvalue weighted by molar-refractivity contribution is 9.10. The van der Waals surface area contributed by atoms with Crippen molar-refractivity contribution in [3.8, 4) is 0 Å². The van der Waals surface area contributed by atoms with Gasteiger partial charge in [0.05, 0.1) is 5.41 Å². The van der Waals surface area contributed by atoms with Crippen LogP contribution in [0.4, 0.5) is 0 Å². The first kappa shape index (κ1) is 16.0. The van der Waals surface area contributed by atoms with E-state index in [4.69, 9.17) is 0 Å². The third-order valence-electron chi connectivity index (χ3n) is 4.51. The minimum atomic E-state index is -0.881. The van der Waals surface area contributed by atoms with Gasteiger partial charge in [-0.25, -0.2) is 0 Å². The van der Waals surface area contributed by atoms with Gasteiger partial charge in [-0.05, 0) is 44.4 Å². The molecule has 1 aromatic rings. The number of carbonyl (C=O) groups is 2. The van der Waals surface area contributed by atoms with Gasteiger partial charge < -0.3 is 10.4 Å². The monoisotopic (exact) mass is 353 g/mol. The van der Waals surface area contributed by atoms with Crippen molar-refractivity contribution >= 4 is 27.8 Å². The van der Waals surface area contributed by atoms with Crippen molar-refractivity contribution in [1.82, 2.24) is 5.32 Å². The molecule has 0 radical (unpaired) electrons. The minimum Gasteiger partial charge on any atom is -0.481 e. The van der Waals surface area contributed by atoms with Crippen LogP contribution in [0.1, 0.15) is 48.5 Å². The number of carbonyl (C=O) groups excluding carboxylic acids is 1. The molecule has 1 aliphatic rings. The average molecular weight is 354 g/mol. The molecular formula is C16H20BrNO3. The molecule has 114 valence electrons. The van der Waals surface area contributed by atoms with Crippen LogP contribution >= 0.6 is 15.9 Å². The van der Waals surface area contributed by atoms with E-state index in [9.17, 15) is 14.7 Å². The van der Waals surface area contributed by atoms with Crippen molar-refractivity contribution < 1.29 is 14.7 Å². The Kier molecular flexibility index (Phi) is 4.71. The summed E-state index contributed by atoms with van der Waals surface area (Å²) in [6, 6.07) is 5.13. The van der Waals surface area contributed by atoms with E-state index in [2.05, 4.69) is 21.2 Å². The summed E-state index contributed by atoms with van der Waals surface area (Å²) in [6.07, 6.45) is 3.16. The lowest BCUT2D eigenvalue weighted by Gasteiger charge is -2.38. The maximum absolute atomic E-state index is 12.5. The smallest absolute Gasteiger partial charge is 0.311 e. The third-order valence-corrected chi connectivity index (χ3v) is 5.37. The van der Waals surface area contributed by atoms with Gasteiger partial charge in [0.25, 0.3) is 5.91 Å². The van der Waals surface area contributed by atoms with Gasteiger partial charge in [0, 0.05) is 16.1 Å². The molecule has 0 aromatic heterocycles. The summed E-state index contributed by atoms with van der Waals surface area (Å²) in [6.45, 7) is 3.60. The summed E-state index contributed by atoms with van der Waals surface area (Å²) in [7, 11) is 0. The summed E-state index contributed by atoms with van der Waals surface area (Å²) < 4.78 is 0.875. The number of hydrogen-bond donors (Lipinski definition) is 2. The zero-order valence-corrected chi connectivity index (χ0v) is 13.9. The Hall–Kier alpha value is -1.36. The number of nitrogens with one attached hydrogen (secondary N) is 1. The van der Waals surface area contributed by atoms with Crippen LogP contribution in [0.3, 0.4) is 0 Å². The van der Waals surface area contributed by atoms with E-state index >= 15 is 0 Å². The molecule has 2 N–H and O–H groups in total. The number of aliphatic carboxylic acids is 1. The molecular weight excluding hydrogens is 334 g/mol. The average Bonchev–Trinajstić information content (AvgIpc) is 2.44. The van der Waals surface area contributed by atoms with Crippen molar-refractivity contribution in [1.29, 1.82) is 0 Å². The van der Waals surface area contributed by atoms with Crippen molar-refractivity contribution in [2.45, 2.75) is 45.6 Å². The van der Waals surface area contributed by atoms with Gasteiger partial charge >= 0.3 is 5.97 Å². The molecule has 5 heteroatoms. The second-order valence-electron chi connectivity index (χ2n) is 5.91. The first-order valence-electron chi connectivity index (χ1n) is 7.15. The maximum Gasteiger partial charge on any atom is 0.311 e. The zero-order chi connectivity index (χ0) is 15.6. The number of amides is 1. The quantitative estimate of drug-likeness (QED) is 0.873. The van der Waals surface area contributed by atoms with Crippen molar-refractivity contribution in [3.63, 3.8) is 0 Å². The summed E-state index contributed by atoms with van der Waals surface area (Å²) in [5.74, 6) is -1.04. The van der Waals surface area contributed by atoms with Gasteiger partial charge in [0.1, 0.15) is 0 Å². The van der Waals surface area contributed by atoms with E-state index in [1.54, 1.807) is 13.0 Å². The van der Waals surface area contributed by atoms with Crippen molar-refractivity contribution in [3.05, 3.63) is 33.8 Å². The fraction of sp³-hybridized carbons (Fsp3) is 0.500. The van der Waals surface area contributed by atoms with E-state index in [1.807, 2.05) is 19.1 Å². The number of carboxylic acids is 1. The second-order valence-corrected chi connectivity index (χ2v) is 6.76. The molecule has 1 aromatic carbocycles. The molecule has 0 heterocycles. The molecule has 0 saturated heterocycles. The van der Waals surface area contributed by atoms with E-state index in [1.165, 1.54) is 0 Å². The molecule has 0 bridgehead atoms. The Morgan fingerprint density at radius 1 is 1.38 bits per heavy atom. The summed E-state index contributed by atoms with van der Waals surface area (Å²) in [5.41, 5.74) is 0.568. The molecule has 2 unspecified atom stereocenters. The minimum absolute atomic E-state index is 0.201. The van der Waals surface area contributed by atoms with Crippen LogP contribution in [0.5, 0.6) is 0 Å². The van der Waals surface area contributed by atoms with E-state index in [0.29, 0.717) is 18.4 Å². The Morgan fingerprint density at radius 3 is 2.76 bits per heavy atom. The molecule has 0 spiro atoms. The van der Waals surface area contributed by atoms with E-state index in [-0.39, 0.29) is 11.9 Å². The SMILES string of the molecule is Cc1c(Br)cccc1C(=O)NC1CCCCC1(C)C(=O)O.